The molecule has 0 radical (unpaired) electrons. The summed E-state index contributed by atoms with van der Waals surface area (Å²) in [5.41, 5.74) is 1.73. The Morgan fingerprint density at radius 1 is 0.921 bits per heavy atom. The van der Waals surface area contributed by atoms with Crippen molar-refractivity contribution in [1.82, 2.24) is 5.32 Å². The molecule has 1 saturated carbocycles. The van der Waals surface area contributed by atoms with Crippen molar-refractivity contribution < 1.29 is 27.8 Å². The van der Waals surface area contributed by atoms with Crippen molar-refractivity contribution in [3.8, 4) is 5.75 Å². The number of benzene rings is 3. The zero-order chi connectivity index (χ0) is 27.0. The Kier molecular flexibility index (Phi) is 9.45. The van der Waals surface area contributed by atoms with Crippen molar-refractivity contribution in [3.63, 3.8) is 0 Å². The second kappa shape index (κ2) is 13.0. The highest BCUT2D eigenvalue weighted by Crippen LogP contribution is 2.39. The summed E-state index contributed by atoms with van der Waals surface area (Å²) in [4.78, 5) is 10.7. The van der Waals surface area contributed by atoms with Gasteiger partial charge in [-0.1, -0.05) is 55.7 Å². The SMILES string of the molecule is O=C(O)CNCCCC(Oc1ccc(C(F)(F)c2ccc(C3CCCCC3)cc2)cc1)c1ccc(F)cc1. The molecule has 0 heterocycles. The number of carboxylic acid groups (broad SMARTS) is 1. The summed E-state index contributed by atoms with van der Waals surface area (Å²) in [6.45, 7) is 0.332. The number of rotatable bonds is 12. The second-order valence-electron chi connectivity index (χ2n) is 9.93. The fourth-order valence-electron chi connectivity index (χ4n) is 5.05. The first kappa shape index (κ1) is 27.7. The largest absolute Gasteiger partial charge is 0.486 e. The van der Waals surface area contributed by atoms with Gasteiger partial charge in [-0.3, -0.25) is 4.79 Å². The third-order valence-corrected chi connectivity index (χ3v) is 7.18. The van der Waals surface area contributed by atoms with Crippen molar-refractivity contribution in [2.75, 3.05) is 13.1 Å². The lowest BCUT2D eigenvalue weighted by Gasteiger charge is -2.23. The van der Waals surface area contributed by atoms with E-state index in [0.29, 0.717) is 31.1 Å². The smallest absolute Gasteiger partial charge is 0.317 e. The Hall–Kier alpha value is -3.32. The standard InChI is InChI=1S/C31H34F3NO3/c32-27-16-10-24(11-17-27)29(7-4-20-35-21-30(36)37)38-28-18-14-26(15-19-28)31(33,34)25-12-8-23(9-13-25)22-5-2-1-3-6-22/h8-19,22,29,35H,1-7,20-21H2,(H,36,37). The van der Waals surface area contributed by atoms with Gasteiger partial charge in [-0.25, -0.2) is 4.39 Å². The van der Waals surface area contributed by atoms with Gasteiger partial charge in [-0.2, -0.15) is 8.78 Å². The molecule has 0 spiro atoms. The molecule has 1 aliphatic rings. The Morgan fingerprint density at radius 3 is 2.13 bits per heavy atom. The summed E-state index contributed by atoms with van der Waals surface area (Å²) in [6, 6.07) is 18.5. The Balaban J connectivity index is 1.43. The first-order valence-corrected chi connectivity index (χ1v) is 13.3. The fraction of sp³-hybridized carbons (Fsp3) is 0.387. The summed E-state index contributed by atoms with van der Waals surface area (Å²) in [5, 5.41) is 11.6. The number of aliphatic carboxylic acids is 1. The predicted octanol–water partition coefficient (Wildman–Crippen LogP) is 7.59. The molecule has 7 heteroatoms. The molecule has 0 saturated heterocycles. The molecule has 202 valence electrons. The second-order valence-corrected chi connectivity index (χ2v) is 9.93. The van der Waals surface area contributed by atoms with Gasteiger partial charge in [0.1, 0.15) is 17.7 Å². The van der Waals surface area contributed by atoms with Gasteiger partial charge in [0.25, 0.3) is 5.92 Å². The normalized spacial score (nSPS) is 15.2. The number of hydrogen-bond acceptors (Lipinski definition) is 3. The molecule has 1 fully saturated rings. The lowest BCUT2D eigenvalue weighted by Crippen LogP contribution is -2.24. The molecule has 38 heavy (non-hydrogen) atoms. The summed E-state index contributed by atoms with van der Waals surface area (Å²) < 4.78 is 50.2. The van der Waals surface area contributed by atoms with Crippen LogP contribution in [0.1, 0.15) is 79.2 Å². The topological polar surface area (TPSA) is 58.6 Å². The number of alkyl halides is 2. The molecule has 0 aromatic heterocycles. The molecule has 1 aliphatic carbocycles. The molecule has 4 nitrogen and oxygen atoms in total. The van der Waals surface area contributed by atoms with E-state index in [2.05, 4.69) is 5.32 Å². The highest BCUT2D eigenvalue weighted by Gasteiger charge is 2.34. The van der Waals surface area contributed by atoms with E-state index in [1.54, 1.807) is 12.1 Å². The van der Waals surface area contributed by atoms with Crippen molar-refractivity contribution in [3.05, 3.63) is 101 Å². The van der Waals surface area contributed by atoms with Gasteiger partial charge in [0, 0.05) is 11.1 Å². The van der Waals surface area contributed by atoms with Gasteiger partial charge in [0.2, 0.25) is 0 Å². The number of carboxylic acids is 1. The Labute approximate surface area is 221 Å². The maximum atomic E-state index is 15.3. The van der Waals surface area contributed by atoms with E-state index in [4.69, 9.17) is 9.84 Å². The molecule has 0 amide bonds. The molecule has 0 bridgehead atoms. The first-order chi connectivity index (χ1) is 18.3. The summed E-state index contributed by atoms with van der Waals surface area (Å²) in [6.07, 6.45) is 6.58. The molecule has 3 aromatic rings. The maximum Gasteiger partial charge on any atom is 0.317 e. The molecule has 1 atom stereocenters. The van der Waals surface area contributed by atoms with E-state index >= 15 is 8.78 Å². The molecule has 3 aromatic carbocycles. The predicted molar refractivity (Wildman–Crippen MR) is 141 cm³/mol. The van der Waals surface area contributed by atoms with E-state index in [-0.39, 0.29) is 23.5 Å². The number of carbonyl (C=O) groups is 1. The van der Waals surface area contributed by atoms with Crippen molar-refractivity contribution in [1.29, 1.82) is 0 Å². The van der Waals surface area contributed by atoms with Gasteiger partial charge in [0.15, 0.2) is 0 Å². The third kappa shape index (κ3) is 7.38. The van der Waals surface area contributed by atoms with Crippen LogP contribution < -0.4 is 10.1 Å². The van der Waals surface area contributed by atoms with Crippen LogP contribution in [0.15, 0.2) is 72.8 Å². The van der Waals surface area contributed by atoms with Crippen LogP contribution in [0.4, 0.5) is 13.2 Å². The van der Waals surface area contributed by atoms with Crippen LogP contribution in [-0.4, -0.2) is 24.2 Å². The van der Waals surface area contributed by atoms with Crippen LogP contribution in [0.3, 0.4) is 0 Å². The average molecular weight is 526 g/mol. The van der Waals surface area contributed by atoms with E-state index in [9.17, 15) is 9.18 Å². The summed E-state index contributed by atoms with van der Waals surface area (Å²) >= 11 is 0. The minimum Gasteiger partial charge on any atom is -0.486 e. The quantitative estimate of drug-likeness (QED) is 0.239. The lowest BCUT2D eigenvalue weighted by atomic mass is 9.83. The average Bonchev–Trinajstić information content (AvgIpc) is 2.93. The van der Waals surface area contributed by atoms with Crippen LogP contribution in [-0.2, 0) is 10.7 Å². The highest BCUT2D eigenvalue weighted by molar-refractivity contribution is 5.68. The third-order valence-electron chi connectivity index (χ3n) is 7.18. The monoisotopic (exact) mass is 525 g/mol. The van der Waals surface area contributed by atoms with Gasteiger partial charge < -0.3 is 15.2 Å². The van der Waals surface area contributed by atoms with Crippen molar-refractivity contribution in [2.45, 2.75) is 62.9 Å². The Morgan fingerprint density at radius 2 is 1.53 bits per heavy atom. The van der Waals surface area contributed by atoms with E-state index < -0.39 is 18.0 Å². The number of hydrogen-bond donors (Lipinski definition) is 2. The van der Waals surface area contributed by atoms with E-state index in [1.807, 2.05) is 12.1 Å². The van der Waals surface area contributed by atoms with E-state index in [0.717, 1.165) is 24.0 Å². The van der Waals surface area contributed by atoms with E-state index in [1.165, 1.54) is 67.8 Å². The molecule has 4 rings (SSSR count). The minimum atomic E-state index is -3.14. The summed E-state index contributed by atoms with van der Waals surface area (Å²) in [5.74, 6) is -3.56. The van der Waals surface area contributed by atoms with Gasteiger partial charge in [-0.15, -0.1) is 0 Å². The van der Waals surface area contributed by atoms with Crippen molar-refractivity contribution >= 4 is 5.97 Å². The molecular formula is C31H34F3NO3. The maximum absolute atomic E-state index is 15.3. The molecule has 1 unspecified atom stereocenters. The number of halogens is 3. The first-order valence-electron chi connectivity index (χ1n) is 13.3. The van der Waals surface area contributed by atoms with Crippen LogP contribution in [0.5, 0.6) is 5.75 Å². The molecule has 2 N–H and O–H groups in total. The molecule has 0 aliphatic heterocycles. The van der Waals surface area contributed by atoms with Gasteiger partial charge in [-0.05, 0) is 85.7 Å². The Bertz CT molecular complexity index is 1160. The lowest BCUT2D eigenvalue weighted by molar-refractivity contribution is -0.135. The number of ether oxygens (including phenoxy) is 1. The minimum absolute atomic E-state index is 0.0382. The zero-order valence-corrected chi connectivity index (χ0v) is 21.3. The van der Waals surface area contributed by atoms with Crippen LogP contribution >= 0.6 is 0 Å². The molecular weight excluding hydrogens is 491 g/mol. The zero-order valence-electron chi connectivity index (χ0n) is 21.3. The van der Waals surface area contributed by atoms with Gasteiger partial charge in [0.05, 0.1) is 6.54 Å². The van der Waals surface area contributed by atoms with Crippen LogP contribution in [0, 0.1) is 5.82 Å². The van der Waals surface area contributed by atoms with Gasteiger partial charge >= 0.3 is 5.97 Å². The van der Waals surface area contributed by atoms with Crippen molar-refractivity contribution in [2.24, 2.45) is 0 Å². The van der Waals surface area contributed by atoms with Crippen LogP contribution in [0.25, 0.3) is 0 Å². The highest BCUT2D eigenvalue weighted by atomic mass is 19.3. The fourth-order valence-corrected chi connectivity index (χ4v) is 5.05. The number of nitrogens with one attached hydrogen (secondary N) is 1. The summed E-state index contributed by atoms with van der Waals surface area (Å²) in [7, 11) is 0. The van der Waals surface area contributed by atoms with Crippen LogP contribution in [0.2, 0.25) is 0 Å².